The molecule has 270 valence electrons. The van der Waals surface area contributed by atoms with Crippen LogP contribution in [0.3, 0.4) is 0 Å². The van der Waals surface area contributed by atoms with E-state index < -0.39 is 0 Å². The van der Waals surface area contributed by atoms with Gasteiger partial charge in [0.25, 0.3) is 12.4 Å². The summed E-state index contributed by atoms with van der Waals surface area (Å²) in [7, 11) is 0. The molecule has 0 unspecified atom stereocenters. The van der Waals surface area contributed by atoms with E-state index >= 15 is 0 Å². The Hall–Kier alpha value is -6.61. The summed E-state index contributed by atoms with van der Waals surface area (Å²) in [5.74, 6) is 1.97. The fourth-order valence-electron chi connectivity index (χ4n) is 7.66. The number of pyridine rings is 1. The molecule has 4 heterocycles. The molecule has 0 N–H and O–H groups in total. The maximum Gasteiger partial charge on any atom is 2.00 e. The summed E-state index contributed by atoms with van der Waals surface area (Å²) in [4.78, 5) is 5.04. The summed E-state index contributed by atoms with van der Waals surface area (Å²) in [6.07, 6.45) is 5.86. The first-order valence-electron chi connectivity index (χ1n) is 18.4. The topological polar surface area (TPSA) is 38.0 Å². The van der Waals surface area contributed by atoms with Crippen molar-refractivity contribution >= 4 is 50.2 Å². The van der Waals surface area contributed by atoms with Gasteiger partial charge in [-0.2, -0.15) is 12.1 Å². The smallest absolute Gasteiger partial charge is 0.509 e. The van der Waals surface area contributed by atoms with E-state index in [1.54, 1.807) is 0 Å². The third kappa shape index (κ3) is 6.00. The normalized spacial score (nSPS) is 12.5. The maximum absolute atomic E-state index is 6.56. The maximum atomic E-state index is 6.56. The molecular formula is C49H35N5OPd+2. The van der Waals surface area contributed by atoms with Crippen molar-refractivity contribution < 1.29 is 34.3 Å². The number of ether oxygens (including phenoxy) is 1. The molecule has 0 aliphatic carbocycles. The van der Waals surface area contributed by atoms with E-state index in [0.717, 1.165) is 55.7 Å². The van der Waals surface area contributed by atoms with Crippen LogP contribution in [0.2, 0.25) is 0 Å². The van der Waals surface area contributed by atoms with Gasteiger partial charge in [0.05, 0.1) is 11.0 Å². The third-order valence-electron chi connectivity index (χ3n) is 10.5. The Morgan fingerprint density at radius 1 is 0.607 bits per heavy atom. The van der Waals surface area contributed by atoms with E-state index in [4.69, 9.17) is 9.72 Å². The minimum Gasteiger partial charge on any atom is -0.509 e. The van der Waals surface area contributed by atoms with Crippen molar-refractivity contribution in [2.24, 2.45) is 0 Å². The average molecular weight is 816 g/mol. The number of rotatable bonds is 8. The van der Waals surface area contributed by atoms with Crippen molar-refractivity contribution in [3.63, 3.8) is 0 Å². The molecule has 0 radical (unpaired) electrons. The second kappa shape index (κ2) is 14.2. The van der Waals surface area contributed by atoms with Crippen molar-refractivity contribution in [1.29, 1.82) is 0 Å². The summed E-state index contributed by atoms with van der Waals surface area (Å²) in [6, 6.07) is 64.8. The first-order valence-corrected chi connectivity index (χ1v) is 18.4. The quantitative estimate of drug-likeness (QED) is 0.0870. The standard InChI is InChI=1S/C49H35N5O.Pd/c1-49(2,35-15-6-3-7-16-35)36-27-28-50-46(31-36)54-45-33-41(55-40-22-14-21-39(32-40)52-30-29-51(34-52)37-17-8-4-9-18-37)25-26-43(45)47-48(54)42-23-12-13-24-44(42)53(47)38-19-10-5-11-20-38;/h3-31H,1-2H3;/q;+2. The number of benzene rings is 6. The van der Waals surface area contributed by atoms with Crippen molar-refractivity contribution in [2.45, 2.75) is 19.3 Å². The molecule has 0 atom stereocenters. The van der Waals surface area contributed by atoms with Gasteiger partial charge in [-0.15, -0.1) is 18.2 Å². The Labute approximate surface area is 338 Å². The zero-order valence-corrected chi connectivity index (χ0v) is 32.3. The largest absolute Gasteiger partial charge is 2.00 e. The third-order valence-corrected chi connectivity index (χ3v) is 10.5. The molecule has 9 aromatic rings. The summed E-state index contributed by atoms with van der Waals surface area (Å²) in [6.45, 7) is 4.53. The van der Waals surface area contributed by atoms with Gasteiger partial charge in [0, 0.05) is 51.8 Å². The van der Waals surface area contributed by atoms with Crippen LogP contribution in [0, 0.1) is 12.1 Å². The van der Waals surface area contributed by atoms with Gasteiger partial charge in [-0.1, -0.05) is 131 Å². The number of hydrogen-bond acceptors (Lipinski definition) is 2. The molecule has 0 bridgehead atoms. The molecule has 3 aromatic heterocycles. The van der Waals surface area contributed by atoms with E-state index in [9.17, 15) is 0 Å². The summed E-state index contributed by atoms with van der Waals surface area (Å²) >= 11 is 0. The van der Waals surface area contributed by atoms with Crippen molar-refractivity contribution in [3.8, 4) is 23.0 Å². The Morgan fingerprint density at radius 2 is 1.29 bits per heavy atom. The molecular weight excluding hydrogens is 781 g/mol. The van der Waals surface area contributed by atoms with Gasteiger partial charge in [0.1, 0.15) is 11.5 Å². The first-order chi connectivity index (χ1) is 27.0. The second-order valence-electron chi connectivity index (χ2n) is 14.2. The van der Waals surface area contributed by atoms with E-state index in [1.807, 2.05) is 70.2 Å². The number of fused-ring (bicyclic) bond motifs is 5. The van der Waals surface area contributed by atoms with Gasteiger partial charge in [-0.05, 0) is 41.5 Å². The van der Waals surface area contributed by atoms with E-state index in [0.29, 0.717) is 11.5 Å². The van der Waals surface area contributed by atoms with Crippen molar-refractivity contribution in [1.82, 2.24) is 14.1 Å². The van der Waals surface area contributed by atoms with Crippen LogP contribution in [0.5, 0.6) is 11.5 Å². The van der Waals surface area contributed by atoms with Crippen LogP contribution in [0.1, 0.15) is 25.0 Å². The number of para-hydroxylation sites is 3. The number of hydrogen-bond donors (Lipinski definition) is 0. The van der Waals surface area contributed by atoms with Gasteiger partial charge < -0.3 is 13.9 Å². The molecule has 6 nitrogen and oxygen atoms in total. The van der Waals surface area contributed by atoms with Crippen LogP contribution >= 0.6 is 0 Å². The monoisotopic (exact) mass is 815 g/mol. The van der Waals surface area contributed by atoms with Crippen LogP contribution in [0.25, 0.3) is 44.3 Å². The molecule has 1 aliphatic rings. The Kier molecular flexibility index (Phi) is 8.92. The molecule has 0 fully saturated rings. The molecule has 1 aliphatic heterocycles. The molecule has 56 heavy (non-hydrogen) atoms. The minimum atomic E-state index is -0.255. The average Bonchev–Trinajstić information content (AvgIpc) is 3.95. The zero-order chi connectivity index (χ0) is 36.9. The van der Waals surface area contributed by atoms with Crippen LogP contribution in [-0.4, -0.2) is 29.3 Å². The molecule has 0 amide bonds. The second-order valence-corrected chi connectivity index (χ2v) is 14.2. The molecule has 0 saturated carbocycles. The summed E-state index contributed by atoms with van der Waals surface area (Å²) in [5.41, 5.74) is 9.23. The van der Waals surface area contributed by atoms with Gasteiger partial charge in [0.15, 0.2) is 0 Å². The number of nitrogens with zero attached hydrogens (tertiary/aromatic N) is 5. The van der Waals surface area contributed by atoms with E-state index in [-0.39, 0.29) is 25.8 Å². The van der Waals surface area contributed by atoms with Gasteiger partial charge in [0.2, 0.25) is 5.69 Å². The van der Waals surface area contributed by atoms with Gasteiger partial charge in [-0.25, -0.2) is 4.98 Å². The Balaban J connectivity index is 0.00000410. The van der Waals surface area contributed by atoms with E-state index in [2.05, 4.69) is 156 Å². The molecule has 0 saturated heterocycles. The fraction of sp³-hybridized carbons (Fsp3) is 0.0612. The van der Waals surface area contributed by atoms with Crippen LogP contribution in [-0.2, 0) is 25.8 Å². The van der Waals surface area contributed by atoms with Gasteiger partial charge in [-0.3, -0.25) is 0 Å². The molecule has 0 spiro atoms. The molecule has 10 rings (SSSR count). The minimum absolute atomic E-state index is 0. The van der Waals surface area contributed by atoms with Crippen LogP contribution in [0.15, 0.2) is 176 Å². The summed E-state index contributed by atoms with van der Waals surface area (Å²) < 4.78 is 15.0. The first kappa shape index (κ1) is 35.1. The molecule has 6 aromatic carbocycles. The predicted octanol–water partition coefficient (Wildman–Crippen LogP) is 11.5. The predicted molar refractivity (Wildman–Crippen MR) is 219 cm³/mol. The van der Waals surface area contributed by atoms with Crippen molar-refractivity contribution in [3.05, 3.63) is 200 Å². The van der Waals surface area contributed by atoms with Crippen molar-refractivity contribution in [2.75, 3.05) is 0 Å². The molecule has 7 heteroatoms. The van der Waals surface area contributed by atoms with Crippen LogP contribution in [0.4, 0.5) is 11.4 Å². The fourth-order valence-corrected chi connectivity index (χ4v) is 7.66. The number of aromatic nitrogens is 3. The SMILES string of the molecule is CC(C)(c1ccccc1)c1ccnc(-n2c3[c-]c(Oc4[c-]c([N+]5=C=[N+](c6ccccc6)C=C5)ccc4)ccc3c3c2c2ccccc2n3-c2ccccc2)c1.[Pd+2]. The Bertz CT molecular complexity index is 3010. The van der Waals surface area contributed by atoms with E-state index in [1.165, 1.54) is 11.1 Å². The zero-order valence-electron chi connectivity index (χ0n) is 30.7. The van der Waals surface area contributed by atoms with Crippen LogP contribution < -0.4 is 4.74 Å². The Morgan fingerprint density at radius 3 is 2.09 bits per heavy atom. The van der Waals surface area contributed by atoms with Gasteiger partial charge >= 0.3 is 26.4 Å². The summed E-state index contributed by atoms with van der Waals surface area (Å²) in [5, 5.41) is 2.17.